The molecule has 1 saturated heterocycles. The van der Waals surface area contributed by atoms with Crippen molar-refractivity contribution in [2.45, 2.75) is 37.5 Å². The van der Waals surface area contributed by atoms with E-state index in [9.17, 15) is 8.42 Å². The average molecular weight is 372 g/mol. The summed E-state index contributed by atoms with van der Waals surface area (Å²) in [5, 5.41) is 0. The highest BCUT2D eigenvalue weighted by Gasteiger charge is 2.51. The third kappa shape index (κ3) is 3.31. The van der Waals surface area contributed by atoms with Crippen LogP contribution in [0.1, 0.15) is 29.0 Å². The summed E-state index contributed by atoms with van der Waals surface area (Å²) in [5.74, 6) is 0.482. The van der Waals surface area contributed by atoms with Gasteiger partial charge in [-0.2, -0.15) is 8.42 Å². The quantitative estimate of drug-likeness (QED) is 0.775. The predicted octanol–water partition coefficient (Wildman–Crippen LogP) is 3.19. The van der Waals surface area contributed by atoms with Crippen LogP contribution in [0.5, 0.6) is 0 Å². The number of hydrogen-bond acceptors (Lipinski definition) is 4. The minimum Gasteiger partial charge on any atom is -0.276 e. The fourth-order valence-corrected chi connectivity index (χ4v) is 5.43. The molecule has 4 atom stereocenters. The van der Waals surface area contributed by atoms with Gasteiger partial charge in [0, 0.05) is 12.0 Å². The second kappa shape index (κ2) is 6.80. The minimum absolute atomic E-state index is 0.0911. The SMILES string of the molecule is CN1C(Cc2ccccc2)C2CCc3ccccc3C2C1OS(C)(=O)=O. The first-order valence-corrected chi connectivity index (χ1v) is 11.0. The maximum atomic E-state index is 11.9. The van der Waals surface area contributed by atoms with E-state index < -0.39 is 16.3 Å². The topological polar surface area (TPSA) is 46.6 Å². The molecule has 2 aromatic rings. The van der Waals surface area contributed by atoms with Crippen LogP contribution in [0.15, 0.2) is 54.6 Å². The monoisotopic (exact) mass is 371 g/mol. The summed E-state index contributed by atoms with van der Waals surface area (Å²) in [6.07, 6.45) is 3.72. The predicted molar refractivity (Wildman–Crippen MR) is 102 cm³/mol. The molecule has 0 radical (unpaired) electrons. The largest absolute Gasteiger partial charge is 0.276 e. The summed E-state index contributed by atoms with van der Waals surface area (Å²) >= 11 is 0. The average Bonchev–Trinajstić information content (AvgIpc) is 2.87. The maximum Gasteiger partial charge on any atom is 0.265 e. The lowest BCUT2D eigenvalue weighted by Crippen LogP contribution is -2.38. The van der Waals surface area contributed by atoms with Crippen molar-refractivity contribution in [3.63, 3.8) is 0 Å². The smallest absolute Gasteiger partial charge is 0.265 e. The maximum absolute atomic E-state index is 11.9. The third-order valence-electron chi connectivity index (χ3n) is 5.91. The van der Waals surface area contributed by atoms with Crippen molar-refractivity contribution in [1.29, 1.82) is 0 Å². The summed E-state index contributed by atoms with van der Waals surface area (Å²) < 4.78 is 29.5. The second-order valence-corrected chi connectivity index (χ2v) is 9.14. The molecule has 0 bridgehead atoms. The molecular weight excluding hydrogens is 346 g/mol. The summed E-state index contributed by atoms with van der Waals surface area (Å²) in [6.45, 7) is 0. The molecule has 1 heterocycles. The van der Waals surface area contributed by atoms with Gasteiger partial charge < -0.3 is 0 Å². The highest BCUT2D eigenvalue weighted by atomic mass is 32.2. The zero-order chi connectivity index (χ0) is 18.3. The van der Waals surface area contributed by atoms with Crippen LogP contribution in [0, 0.1) is 5.92 Å². The highest BCUT2D eigenvalue weighted by molar-refractivity contribution is 7.86. The van der Waals surface area contributed by atoms with Gasteiger partial charge in [0.05, 0.1) is 6.26 Å². The van der Waals surface area contributed by atoms with Crippen LogP contribution in [-0.2, 0) is 27.1 Å². The Labute approximate surface area is 155 Å². The van der Waals surface area contributed by atoms with E-state index in [0.29, 0.717) is 5.92 Å². The van der Waals surface area contributed by atoms with E-state index in [1.165, 1.54) is 16.7 Å². The van der Waals surface area contributed by atoms with Gasteiger partial charge in [0.2, 0.25) is 0 Å². The van der Waals surface area contributed by atoms with Crippen LogP contribution in [0.4, 0.5) is 0 Å². The van der Waals surface area contributed by atoms with Gasteiger partial charge in [-0.15, -0.1) is 0 Å². The fraction of sp³-hybridized carbons (Fsp3) is 0.429. The fourth-order valence-electron chi connectivity index (χ4n) is 4.82. The molecule has 4 rings (SSSR count). The Morgan fingerprint density at radius 1 is 1.08 bits per heavy atom. The van der Waals surface area contributed by atoms with Crippen LogP contribution >= 0.6 is 0 Å². The highest BCUT2D eigenvalue weighted by Crippen LogP contribution is 2.49. The molecule has 0 aromatic heterocycles. The van der Waals surface area contributed by atoms with Gasteiger partial charge in [-0.1, -0.05) is 54.6 Å². The van der Waals surface area contributed by atoms with Crippen molar-refractivity contribution >= 4 is 10.1 Å². The van der Waals surface area contributed by atoms with Crippen molar-refractivity contribution in [3.05, 3.63) is 71.3 Å². The Kier molecular flexibility index (Phi) is 4.63. The zero-order valence-electron chi connectivity index (χ0n) is 15.2. The molecule has 0 N–H and O–H groups in total. The Balaban J connectivity index is 1.72. The van der Waals surface area contributed by atoms with Crippen LogP contribution in [0.3, 0.4) is 0 Å². The van der Waals surface area contributed by atoms with Crippen molar-refractivity contribution in [3.8, 4) is 0 Å². The molecule has 2 aromatic carbocycles. The number of rotatable bonds is 4. The van der Waals surface area contributed by atoms with Crippen LogP contribution < -0.4 is 0 Å². The van der Waals surface area contributed by atoms with E-state index in [1.54, 1.807) is 0 Å². The zero-order valence-corrected chi connectivity index (χ0v) is 16.0. The third-order valence-corrected chi connectivity index (χ3v) is 6.46. The molecule has 5 heteroatoms. The first kappa shape index (κ1) is 17.7. The van der Waals surface area contributed by atoms with E-state index in [1.807, 2.05) is 19.2 Å². The summed E-state index contributed by atoms with van der Waals surface area (Å²) in [7, 11) is -1.53. The Morgan fingerprint density at radius 2 is 1.77 bits per heavy atom. The molecule has 1 aliphatic carbocycles. The lowest BCUT2D eigenvalue weighted by molar-refractivity contribution is 0.0564. The molecule has 0 amide bonds. The molecule has 138 valence electrons. The van der Waals surface area contributed by atoms with Gasteiger partial charge >= 0.3 is 0 Å². The van der Waals surface area contributed by atoms with Crippen LogP contribution in [-0.4, -0.2) is 38.9 Å². The van der Waals surface area contributed by atoms with Gasteiger partial charge in [0.25, 0.3) is 10.1 Å². The van der Waals surface area contributed by atoms with Gasteiger partial charge in [-0.3, -0.25) is 9.08 Å². The van der Waals surface area contributed by atoms with E-state index in [-0.39, 0.29) is 12.0 Å². The Morgan fingerprint density at radius 3 is 2.50 bits per heavy atom. The number of nitrogens with zero attached hydrogens (tertiary/aromatic N) is 1. The lowest BCUT2D eigenvalue weighted by Gasteiger charge is -2.32. The summed E-state index contributed by atoms with van der Waals surface area (Å²) in [6, 6.07) is 19.1. The molecule has 26 heavy (non-hydrogen) atoms. The van der Waals surface area contributed by atoms with E-state index in [2.05, 4.69) is 47.4 Å². The molecule has 2 aliphatic rings. The molecular formula is C21H25NO3S. The number of likely N-dealkylation sites (tertiary alicyclic amines) is 1. The number of benzene rings is 2. The van der Waals surface area contributed by atoms with Gasteiger partial charge in [-0.05, 0) is 48.9 Å². The van der Waals surface area contributed by atoms with Crippen molar-refractivity contribution in [2.75, 3.05) is 13.3 Å². The van der Waals surface area contributed by atoms with Gasteiger partial charge in [0.15, 0.2) is 0 Å². The summed E-state index contributed by atoms with van der Waals surface area (Å²) in [4.78, 5) is 2.14. The summed E-state index contributed by atoms with van der Waals surface area (Å²) in [5.41, 5.74) is 3.85. The standard InChI is InChI=1S/C21H25NO3S/c1-22-19(14-15-8-4-3-5-9-15)18-13-12-16-10-6-7-11-17(16)20(18)21(22)25-26(2,23)24/h3-11,18-21H,12-14H2,1-2H3. The van der Waals surface area contributed by atoms with Crippen molar-refractivity contribution in [1.82, 2.24) is 4.90 Å². The molecule has 0 saturated carbocycles. The number of aryl methyl sites for hydroxylation is 1. The molecule has 0 spiro atoms. The molecule has 4 unspecified atom stereocenters. The first-order chi connectivity index (χ1) is 12.4. The van der Waals surface area contributed by atoms with Crippen LogP contribution in [0.2, 0.25) is 0 Å². The Bertz CT molecular complexity index is 881. The van der Waals surface area contributed by atoms with E-state index >= 15 is 0 Å². The van der Waals surface area contributed by atoms with Crippen LogP contribution in [0.25, 0.3) is 0 Å². The molecule has 4 nitrogen and oxygen atoms in total. The van der Waals surface area contributed by atoms with Gasteiger partial charge in [0.1, 0.15) is 6.23 Å². The van der Waals surface area contributed by atoms with Gasteiger partial charge in [-0.25, -0.2) is 0 Å². The van der Waals surface area contributed by atoms with Crippen molar-refractivity contribution in [2.24, 2.45) is 5.92 Å². The number of hydrogen-bond donors (Lipinski definition) is 0. The van der Waals surface area contributed by atoms with E-state index in [4.69, 9.17) is 4.18 Å². The van der Waals surface area contributed by atoms with Crippen molar-refractivity contribution < 1.29 is 12.6 Å². The Hall–Kier alpha value is -1.69. The first-order valence-electron chi connectivity index (χ1n) is 9.16. The molecule has 1 fully saturated rings. The number of fused-ring (bicyclic) bond motifs is 3. The second-order valence-electron chi connectivity index (χ2n) is 7.54. The lowest BCUT2D eigenvalue weighted by atomic mass is 9.73. The normalized spacial score (nSPS) is 28.5. The minimum atomic E-state index is -3.53. The molecule has 1 aliphatic heterocycles. The number of likely N-dealkylation sites (N-methyl/N-ethyl adjacent to an activating group) is 1. The van der Waals surface area contributed by atoms with E-state index in [0.717, 1.165) is 25.5 Å².